The second-order valence-corrected chi connectivity index (χ2v) is 5.66. The van der Waals surface area contributed by atoms with Gasteiger partial charge >= 0.3 is 0 Å². The van der Waals surface area contributed by atoms with Gasteiger partial charge in [0.15, 0.2) is 0 Å². The van der Waals surface area contributed by atoms with Crippen LogP contribution in [0.3, 0.4) is 0 Å². The highest BCUT2D eigenvalue weighted by atomic mass is 16.1. The highest BCUT2D eigenvalue weighted by molar-refractivity contribution is 5.88. The van der Waals surface area contributed by atoms with E-state index >= 15 is 0 Å². The molecule has 18 heavy (non-hydrogen) atoms. The molecule has 2 unspecified atom stereocenters. The van der Waals surface area contributed by atoms with Crippen molar-refractivity contribution in [1.82, 2.24) is 0 Å². The largest absolute Gasteiger partial charge is 0.299 e. The number of benzene rings is 1. The first-order valence-electron chi connectivity index (χ1n) is 7.32. The predicted octanol–water partition coefficient (Wildman–Crippen LogP) is 4.58. The average molecular weight is 244 g/mol. The molecule has 1 heteroatoms. The van der Waals surface area contributed by atoms with Crippen LogP contribution in [0.2, 0.25) is 0 Å². The lowest BCUT2D eigenvalue weighted by molar-refractivity contribution is -0.125. The van der Waals surface area contributed by atoms with Crippen molar-refractivity contribution in [3.05, 3.63) is 35.9 Å². The highest BCUT2D eigenvalue weighted by Gasteiger charge is 2.32. The lowest BCUT2D eigenvalue weighted by Gasteiger charge is -2.25. The Bertz CT molecular complexity index is 376. The molecule has 1 aromatic carbocycles. The summed E-state index contributed by atoms with van der Waals surface area (Å²) in [6.45, 7) is 4.40. The summed E-state index contributed by atoms with van der Waals surface area (Å²) in [4.78, 5) is 12.7. The third-order valence-electron chi connectivity index (χ3n) is 4.44. The van der Waals surface area contributed by atoms with Crippen LogP contribution >= 0.6 is 0 Å². The van der Waals surface area contributed by atoms with Crippen molar-refractivity contribution < 1.29 is 4.79 Å². The fourth-order valence-corrected chi connectivity index (χ4v) is 3.13. The van der Waals surface area contributed by atoms with Gasteiger partial charge in [0.25, 0.3) is 0 Å². The van der Waals surface area contributed by atoms with Crippen LogP contribution in [0.5, 0.6) is 0 Å². The number of hydrogen-bond acceptors (Lipinski definition) is 1. The van der Waals surface area contributed by atoms with Gasteiger partial charge < -0.3 is 0 Å². The average Bonchev–Trinajstić information content (AvgIpc) is 2.94. The number of carbonyl (C=O) groups excluding carboxylic acids is 1. The van der Waals surface area contributed by atoms with E-state index in [9.17, 15) is 4.79 Å². The van der Waals surface area contributed by atoms with Crippen molar-refractivity contribution in [2.75, 3.05) is 0 Å². The van der Waals surface area contributed by atoms with Gasteiger partial charge in [-0.1, -0.05) is 63.4 Å². The van der Waals surface area contributed by atoms with E-state index in [1.54, 1.807) is 0 Å². The van der Waals surface area contributed by atoms with E-state index in [0.717, 1.165) is 19.3 Å². The van der Waals surface area contributed by atoms with E-state index in [0.29, 0.717) is 17.6 Å². The van der Waals surface area contributed by atoms with Gasteiger partial charge in [0.1, 0.15) is 5.78 Å². The molecule has 98 valence electrons. The zero-order valence-corrected chi connectivity index (χ0v) is 11.6. The molecule has 2 atom stereocenters. The van der Waals surface area contributed by atoms with Crippen LogP contribution in [0.1, 0.15) is 57.4 Å². The summed E-state index contributed by atoms with van der Waals surface area (Å²) in [6.07, 6.45) is 5.76. The second-order valence-electron chi connectivity index (χ2n) is 5.66. The number of carbonyl (C=O) groups is 1. The molecule has 0 N–H and O–H groups in total. The van der Waals surface area contributed by atoms with Gasteiger partial charge in [0.2, 0.25) is 0 Å². The molecule has 0 heterocycles. The molecule has 0 saturated heterocycles. The van der Waals surface area contributed by atoms with Crippen LogP contribution in [-0.2, 0) is 4.79 Å². The van der Waals surface area contributed by atoms with Gasteiger partial charge in [-0.15, -0.1) is 0 Å². The van der Waals surface area contributed by atoms with Crippen molar-refractivity contribution >= 4 is 5.78 Å². The Hall–Kier alpha value is -1.11. The van der Waals surface area contributed by atoms with Crippen LogP contribution in [0, 0.1) is 11.8 Å². The minimum atomic E-state index is 0.110. The molecule has 1 nitrogen and oxygen atoms in total. The van der Waals surface area contributed by atoms with E-state index in [-0.39, 0.29) is 5.92 Å². The molecule has 0 amide bonds. The van der Waals surface area contributed by atoms with Crippen LogP contribution in [-0.4, -0.2) is 5.78 Å². The van der Waals surface area contributed by atoms with Crippen LogP contribution in [0.15, 0.2) is 30.3 Å². The molecule has 1 aromatic rings. The molecular formula is C17H24O. The molecule has 1 aliphatic rings. The first-order chi connectivity index (χ1) is 8.74. The monoisotopic (exact) mass is 244 g/mol. The van der Waals surface area contributed by atoms with Crippen molar-refractivity contribution in [3.63, 3.8) is 0 Å². The number of hydrogen-bond donors (Lipinski definition) is 0. The fraction of sp³-hybridized carbons (Fsp3) is 0.588. The summed E-state index contributed by atoms with van der Waals surface area (Å²) in [5.41, 5.74) is 1.21. The Labute approximate surface area is 111 Å². The lowest BCUT2D eigenvalue weighted by atomic mass is 9.78. The molecule has 1 fully saturated rings. The maximum atomic E-state index is 12.7. The molecule has 0 aliphatic heterocycles. The Morgan fingerprint density at radius 2 is 1.83 bits per heavy atom. The minimum Gasteiger partial charge on any atom is -0.299 e. The summed E-state index contributed by atoms with van der Waals surface area (Å²) in [6, 6.07) is 10.4. The quantitative estimate of drug-likeness (QED) is 0.741. The van der Waals surface area contributed by atoms with Gasteiger partial charge in [-0.25, -0.2) is 0 Å². The Morgan fingerprint density at radius 3 is 2.39 bits per heavy atom. The van der Waals surface area contributed by atoms with Crippen molar-refractivity contribution in [1.29, 1.82) is 0 Å². The van der Waals surface area contributed by atoms with E-state index in [1.165, 1.54) is 18.4 Å². The van der Waals surface area contributed by atoms with Crippen molar-refractivity contribution in [2.24, 2.45) is 11.8 Å². The molecule has 1 saturated carbocycles. The Kier molecular flexibility index (Phi) is 4.57. The number of Topliss-reactive ketones (excluding diaryl/α,β-unsaturated/α-hetero) is 1. The molecule has 0 aromatic heterocycles. The first kappa shape index (κ1) is 13.3. The van der Waals surface area contributed by atoms with Crippen molar-refractivity contribution in [3.8, 4) is 0 Å². The SMILES string of the molecule is CCC(C)C(C(=O)C1CCCC1)c1ccccc1. The van der Waals surface area contributed by atoms with E-state index < -0.39 is 0 Å². The van der Waals surface area contributed by atoms with E-state index in [1.807, 2.05) is 18.2 Å². The predicted molar refractivity (Wildman–Crippen MR) is 75.6 cm³/mol. The maximum Gasteiger partial charge on any atom is 0.143 e. The fourth-order valence-electron chi connectivity index (χ4n) is 3.13. The highest BCUT2D eigenvalue weighted by Crippen LogP contribution is 2.35. The van der Waals surface area contributed by atoms with Crippen LogP contribution in [0.4, 0.5) is 0 Å². The third kappa shape index (κ3) is 2.82. The smallest absolute Gasteiger partial charge is 0.143 e. The second kappa shape index (κ2) is 6.17. The van der Waals surface area contributed by atoms with Crippen LogP contribution in [0.25, 0.3) is 0 Å². The molecule has 0 bridgehead atoms. The standard InChI is InChI=1S/C17H24O/c1-3-13(2)16(14-9-5-4-6-10-14)17(18)15-11-7-8-12-15/h4-6,9-10,13,15-16H,3,7-8,11-12H2,1-2H3. The molecule has 2 rings (SSSR count). The number of rotatable bonds is 5. The zero-order chi connectivity index (χ0) is 13.0. The zero-order valence-electron chi connectivity index (χ0n) is 11.6. The first-order valence-corrected chi connectivity index (χ1v) is 7.32. The Morgan fingerprint density at radius 1 is 1.22 bits per heavy atom. The van der Waals surface area contributed by atoms with Gasteiger partial charge in [0, 0.05) is 11.8 Å². The summed E-state index contributed by atoms with van der Waals surface area (Å²) in [7, 11) is 0. The van der Waals surface area contributed by atoms with Gasteiger partial charge in [0.05, 0.1) is 0 Å². The Balaban J connectivity index is 2.22. The summed E-state index contributed by atoms with van der Waals surface area (Å²) < 4.78 is 0. The maximum absolute atomic E-state index is 12.7. The summed E-state index contributed by atoms with van der Waals surface area (Å²) in [5.74, 6) is 1.37. The van der Waals surface area contributed by atoms with Crippen LogP contribution < -0.4 is 0 Å². The lowest BCUT2D eigenvalue weighted by Crippen LogP contribution is -2.25. The normalized spacial score (nSPS) is 19.7. The number of ketones is 1. The molecule has 1 aliphatic carbocycles. The van der Waals surface area contributed by atoms with Gasteiger partial charge in [-0.2, -0.15) is 0 Å². The topological polar surface area (TPSA) is 17.1 Å². The van der Waals surface area contributed by atoms with Gasteiger partial charge in [-0.3, -0.25) is 4.79 Å². The van der Waals surface area contributed by atoms with Gasteiger partial charge in [-0.05, 0) is 24.3 Å². The molecular weight excluding hydrogens is 220 g/mol. The third-order valence-corrected chi connectivity index (χ3v) is 4.44. The van der Waals surface area contributed by atoms with E-state index in [2.05, 4.69) is 26.0 Å². The molecule has 0 spiro atoms. The molecule has 0 radical (unpaired) electrons. The summed E-state index contributed by atoms with van der Waals surface area (Å²) in [5, 5.41) is 0. The summed E-state index contributed by atoms with van der Waals surface area (Å²) >= 11 is 0. The van der Waals surface area contributed by atoms with Crippen molar-refractivity contribution in [2.45, 2.75) is 51.9 Å². The minimum absolute atomic E-state index is 0.110. The van der Waals surface area contributed by atoms with E-state index in [4.69, 9.17) is 0 Å².